The van der Waals surface area contributed by atoms with Crippen LogP contribution in [0.15, 0.2) is 17.3 Å². The maximum absolute atomic E-state index is 5.40. The van der Waals surface area contributed by atoms with Crippen LogP contribution in [0.2, 0.25) is 0 Å². The molecule has 1 aromatic heterocycles. The minimum absolute atomic E-state index is 0.604. The fourth-order valence-corrected chi connectivity index (χ4v) is 1.56. The molecule has 0 aromatic carbocycles. The Morgan fingerprint density at radius 1 is 1.58 bits per heavy atom. The highest BCUT2D eigenvalue weighted by atomic mass is 16.5. The summed E-state index contributed by atoms with van der Waals surface area (Å²) < 4.78 is 7.03. The summed E-state index contributed by atoms with van der Waals surface area (Å²) in [6, 6.07) is 2.00. The number of aliphatic imine (C=N–C) groups is 1. The van der Waals surface area contributed by atoms with Crippen molar-refractivity contribution >= 4 is 5.96 Å². The van der Waals surface area contributed by atoms with Gasteiger partial charge in [0, 0.05) is 46.0 Å². The summed E-state index contributed by atoms with van der Waals surface area (Å²) in [5, 5.41) is 7.44. The Morgan fingerprint density at radius 2 is 2.42 bits per heavy atom. The van der Waals surface area contributed by atoms with Crippen molar-refractivity contribution in [2.24, 2.45) is 17.9 Å². The van der Waals surface area contributed by atoms with E-state index < -0.39 is 0 Å². The van der Waals surface area contributed by atoms with Crippen molar-refractivity contribution in [2.45, 2.75) is 19.8 Å². The van der Waals surface area contributed by atoms with E-state index in [1.807, 2.05) is 26.2 Å². The lowest BCUT2D eigenvalue weighted by atomic mass is 10.3. The maximum Gasteiger partial charge on any atom is 0.205 e. The van der Waals surface area contributed by atoms with Crippen LogP contribution in [0, 0.1) is 0 Å². The highest BCUT2D eigenvalue weighted by Crippen LogP contribution is 1.93. The van der Waals surface area contributed by atoms with E-state index in [1.165, 1.54) is 0 Å². The fraction of sp³-hybridized carbons (Fsp3) is 0.667. The number of rotatable bonds is 8. The Balaban J connectivity index is 2.18. The van der Waals surface area contributed by atoms with Gasteiger partial charge in [-0.1, -0.05) is 0 Å². The van der Waals surface area contributed by atoms with Gasteiger partial charge < -0.3 is 10.1 Å². The Morgan fingerprint density at radius 3 is 3.05 bits per heavy atom. The van der Waals surface area contributed by atoms with Crippen LogP contribution in [0.25, 0.3) is 0 Å². The highest BCUT2D eigenvalue weighted by Gasteiger charge is 1.98. The van der Waals surface area contributed by atoms with Gasteiger partial charge in [-0.3, -0.25) is 15.1 Å². The molecule has 0 bridgehead atoms. The lowest BCUT2D eigenvalue weighted by Crippen LogP contribution is -2.42. The predicted molar refractivity (Wildman–Crippen MR) is 75.6 cm³/mol. The second-order valence-corrected chi connectivity index (χ2v) is 4.08. The zero-order valence-corrected chi connectivity index (χ0v) is 11.7. The van der Waals surface area contributed by atoms with Gasteiger partial charge in [-0.05, 0) is 19.4 Å². The number of aromatic nitrogens is 2. The smallest absolute Gasteiger partial charge is 0.205 e. The topological polar surface area (TPSA) is 89.5 Å². The molecule has 1 heterocycles. The van der Waals surface area contributed by atoms with E-state index in [4.69, 9.17) is 10.6 Å². The molecule has 0 aliphatic rings. The van der Waals surface area contributed by atoms with Crippen LogP contribution >= 0.6 is 0 Å². The van der Waals surface area contributed by atoms with Gasteiger partial charge in [0.05, 0.1) is 5.69 Å². The van der Waals surface area contributed by atoms with Crippen molar-refractivity contribution < 1.29 is 4.74 Å². The minimum atomic E-state index is 0.604. The first-order chi connectivity index (χ1) is 9.26. The Labute approximate surface area is 114 Å². The number of hydrogen-bond acceptors (Lipinski definition) is 4. The predicted octanol–water partition coefficient (Wildman–Crippen LogP) is -0.202. The van der Waals surface area contributed by atoms with E-state index in [2.05, 4.69) is 20.8 Å². The molecule has 0 aliphatic heterocycles. The number of guanidine groups is 1. The number of aryl methyl sites for hydroxylation is 1. The summed E-state index contributed by atoms with van der Waals surface area (Å²) in [6.45, 7) is 4.89. The molecule has 0 amide bonds. The quantitative estimate of drug-likeness (QED) is 0.200. The van der Waals surface area contributed by atoms with Crippen LogP contribution in [0.5, 0.6) is 0 Å². The first kappa shape index (κ1) is 15.5. The van der Waals surface area contributed by atoms with Crippen LogP contribution < -0.4 is 16.6 Å². The van der Waals surface area contributed by atoms with E-state index >= 15 is 0 Å². The number of hydrogen-bond donors (Lipinski definition) is 3. The zero-order chi connectivity index (χ0) is 13.9. The highest BCUT2D eigenvalue weighted by molar-refractivity contribution is 5.79. The number of ether oxygens (including phenoxy) is 1. The standard InChI is InChI=1S/C12H24N6O/c1-3-19-10-4-7-14-12(16-13)15-8-5-11-6-9-18(2)17-11/h6,9H,3-5,7-8,10,13H2,1-2H3,(H2,14,15,16). The normalized spacial score (nSPS) is 11.6. The van der Waals surface area contributed by atoms with Gasteiger partial charge in [0.15, 0.2) is 0 Å². The van der Waals surface area contributed by atoms with E-state index in [1.54, 1.807) is 4.68 Å². The molecule has 0 saturated heterocycles. The molecule has 19 heavy (non-hydrogen) atoms. The Hall–Kier alpha value is -1.60. The molecule has 0 radical (unpaired) electrons. The van der Waals surface area contributed by atoms with Gasteiger partial charge >= 0.3 is 0 Å². The van der Waals surface area contributed by atoms with Crippen molar-refractivity contribution in [2.75, 3.05) is 26.3 Å². The molecule has 0 saturated carbocycles. The molecule has 0 aliphatic carbocycles. The number of nitrogens with two attached hydrogens (primary N) is 1. The third-order valence-electron chi connectivity index (χ3n) is 2.50. The summed E-state index contributed by atoms with van der Waals surface area (Å²) in [7, 11) is 1.91. The third-order valence-corrected chi connectivity index (χ3v) is 2.50. The lowest BCUT2D eigenvalue weighted by molar-refractivity contribution is 0.146. The van der Waals surface area contributed by atoms with Crippen molar-refractivity contribution in [3.8, 4) is 0 Å². The molecule has 4 N–H and O–H groups in total. The lowest BCUT2D eigenvalue weighted by Gasteiger charge is -2.08. The second kappa shape index (κ2) is 9.35. The maximum atomic E-state index is 5.40. The Bertz CT molecular complexity index is 376. The minimum Gasteiger partial charge on any atom is -0.382 e. The monoisotopic (exact) mass is 268 g/mol. The van der Waals surface area contributed by atoms with Crippen molar-refractivity contribution in [3.63, 3.8) is 0 Å². The molecule has 7 nitrogen and oxygen atoms in total. The largest absolute Gasteiger partial charge is 0.382 e. The molecular weight excluding hydrogens is 244 g/mol. The van der Waals surface area contributed by atoms with E-state index in [-0.39, 0.29) is 0 Å². The van der Waals surface area contributed by atoms with Crippen LogP contribution in [0.1, 0.15) is 19.0 Å². The Kier molecular flexibility index (Phi) is 7.60. The van der Waals surface area contributed by atoms with E-state index in [0.717, 1.165) is 38.3 Å². The second-order valence-electron chi connectivity index (χ2n) is 4.08. The average molecular weight is 268 g/mol. The molecule has 108 valence electrons. The van der Waals surface area contributed by atoms with Crippen molar-refractivity contribution in [1.29, 1.82) is 0 Å². The molecule has 0 atom stereocenters. The van der Waals surface area contributed by atoms with Gasteiger partial charge in [-0.15, -0.1) is 0 Å². The number of nitrogens with one attached hydrogen (secondary N) is 2. The van der Waals surface area contributed by atoms with Crippen LogP contribution in [-0.2, 0) is 18.2 Å². The number of nitrogens with zero attached hydrogens (tertiary/aromatic N) is 3. The van der Waals surface area contributed by atoms with Crippen molar-refractivity contribution in [3.05, 3.63) is 18.0 Å². The van der Waals surface area contributed by atoms with E-state index in [0.29, 0.717) is 12.5 Å². The van der Waals surface area contributed by atoms with Gasteiger partial charge in [0.2, 0.25) is 5.96 Å². The SMILES string of the molecule is CCOCCCN=C(NN)NCCc1ccn(C)n1. The summed E-state index contributed by atoms with van der Waals surface area (Å²) in [4.78, 5) is 4.31. The molecule has 1 aromatic rings. The fourth-order valence-electron chi connectivity index (χ4n) is 1.56. The number of hydrazine groups is 1. The first-order valence-corrected chi connectivity index (χ1v) is 6.57. The van der Waals surface area contributed by atoms with Crippen LogP contribution in [0.4, 0.5) is 0 Å². The van der Waals surface area contributed by atoms with Gasteiger partial charge in [-0.25, -0.2) is 5.84 Å². The molecule has 1 rings (SSSR count). The van der Waals surface area contributed by atoms with Gasteiger partial charge in [0.1, 0.15) is 0 Å². The molecule has 0 fully saturated rings. The van der Waals surface area contributed by atoms with Gasteiger partial charge in [-0.2, -0.15) is 5.10 Å². The summed E-state index contributed by atoms with van der Waals surface area (Å²) in [5.41, 5.74) is 3.60. The average Bonchev–Trinajstić information content (AvgIpc) is 2.82. The molecular formula is C12H24N6O. The van der Waals surface area contributed by atoms with Crippen LogP contribution in [0.3, 0.4) is 0 Å². The van der Waals surface area contributed by atoms with Crippen LogP contribution in [-0.4, -0.2) is 42.0 Å². The zero-order valence-electron chi connectivity index (χ0n) is 11.7. The molecule has 7 heteroatoms. The summed E-state index contributed by atoms with van der Waals surface area (Å²) in [6.07, 6.45) is 3.65. The molecule has 0 unspecified atom stereocenters. The van der Waals surface area contributed by atoms with Crippen molar-refractivity contribution in [1.82, 2.24) is 20.5 Å². The first-order valence-electron chi connectivity index (χ1n) is 6.57. The van der Waals surface area contributed by atoms with Gasteiger partial charge in [0.25, 0.3) is 0 Å². The molecule has 0 spiro atoms. The third kappa shape index (κ3) is 6.78. The summed E-state index contributed by atoms with van der Waals surface area (Å²) >= 11 is 0. The van der Waals surface area contributed by atoms with E-state index in [9.17, 15) is 0 Å². The summed E-state index contributed by atoms with van der Waals surface area (Å²) in [5.74, 6) is 6.01.